The van der Waals surface area contributed by atoms with E-state index in [0.29, 0.717) is 6.20 Å². The molecule has 0 atom stereocenters. The van der Waals surface area contributed by atoms with E-state index in [1.165, 1.54) is 36.4 Å². The van der Waals surface area contributed by atoms with Crippen LogP contribution in [0.5, 0.6) is 17.4 Å². The number of alkyl halides is 3. The van der Waals surface area contributed by atoms with Crippen LogP contribution in [0.1, 0.15) is 5.56 Å². The molecule has 140 valence electrons. The molecule has 0 fully saturated rings. The second-order valence-electron chi connectivity index (χ2n) is 5.31. The molecule has 27 heavy (non-hydrogen) atoms. The molecule has 3 rings (SSSR count). The molecule has 0 N–H and O–H groups in total. The van der Waals surface area contributed by atoms with Gasteiger partial charge in [-0.1, -0.05) is 18.2 Å². The zero-order chi connectivity index (χ0) is 19.5. The predicted octanol–water partition coefficient (Wildman–Crippen LogP) is 4.66. The highest BCUT2D eigenvalue weighted by Crippen LogP contribution is 2.30. The Balaban J connectivity index is 1.69. The third-order valence-electron chi connectivity index (χ3n) is 3.35. The monoisotopic (exact) mass is 395 g/mol. The summed E-state index contributed by atoms with van der Waals surface area (Å²) >= 11 is 0. The molecule has 0 bridgehead atoms. The van der Waals surface area contributed by atoms with E-state index in [1.807, 2.05) is 0 Å². The van der Waals surface area contributed by atoms with Crippen LogP contribution in [0.25, 0.3) is 0 Å². The molecular formula is C18H12F3NO4S. The Morgan fingerprint density at radius 3 is 2.00 bits per heavy atom. The van der Waals surface area contributed by atoms with Crippen LogP contribution in [0, 0.1) is 0 Å². The minimum absolute atomic E-state index is 0.0132. The number of benzene rings is 2. The van der Waals surface area contributed by atoms with Gasteiger partial charge in [-0.05, 0) is 42.5 Å². The van der Waals surface area contributed by atoms with Crippen molar-refractivity contribution in [2.45, 2.75) is 11.1 Å². The summed E-state index contributed by atoms with van der Waals surface area (Å²) in [5.41, 5.74) is -0.885. The van der Waals surface area contributed by atoms with Crippen molar-refractivity contribution in [3.63, 3.8) is 0 Å². The van der Waals surface area contributed by atoms with Gasteiger partial charge in [0.05, 0.1) is 5.56 Å². The summed E-state index contributed by atoms with van der Waals surface area (Å²) in [5, 5.41) is 0. The highest BCUT2D eigenvalue weighted by Gasteiger charge is 2.30. The molecule has 0 radical (unpaired) electrons. The molecule has 0 aliphatic carbocycles. The maximum atomic E-state index is 12.5. The first kappa shape index (κ1) is 18.7. The zero-order valence-corrected chi connectivity index (χ0v) is 14.4. The first-order chi connectivity index (χ1) is 12.7. The van der Waals surface area contributed by atoms with Crippen LogP contribution in [-0.2, 0) is 16.3 Å². The normalized spacial score (nSPS) is 11.8. The zero-order valence-electron chi connectivity index (χ0n) is 13.6. The lowest BCUT2D eigenvalue weighted by atomic mass is 10.3. The van der Waals surface area contributed by atoms with Crippen molar-refractivity contribution >= 4 is 10.1 Å². The first-order valence-electron chi connectivity index (χ1n) is 7.55. The predicted molar refractivity (Wildman–Crippen MR) is 90.0 cm³/mol. The van der Waals surface area contributed by atoms with Gasteiger partial charge in [0.1, 0.15) is 16.4 Å². The van der Waals surface area contributed by atoms with Crippen molar-refractivity contribution in [2.24, 2.45) is 0 Å². The van der Waals surface area contributed by atoms with Gasteiger partial charge in [-0.3, -0.25) is 0 Å². The quantitative estimate of drug-likeness (QED) is 0.588. The smallest absolute Gasteiger partial charge is 0.417 e. The van der Waals surface area contributed by atoms with Gasteiger partial charge >= 0.3 is 16.3 Å². The number of nitrogens with zero attached hydrogens (tertiary/aromatic N) is 1. The van der Waals surface area contributed by atoms with Gasteiger partial charge in [-0.25, -0.2) is 4.98 Å². The van der Waals surface area contributed by atoms with Crippen LogP contribution in [0.2, 0.25) is 0 Å². The summed E-state index contributed by atoms with van der Waals surface area (Å²) < 4.78 is 72.1. The summed E-state index contributed by atoms with van der Waals surface area (Å²) in [6.45, 7) is 0. The van der Waals surface area contributed by atoms with E-state index in [9.17, 15) is 21.6 Å². The van der Waals surface area contributed by atoms with Crippen molar-refractivity contribution in [1.29, 1.82) is 0 Å². The highest BCUT2D eigenvalue weighted by molar-refractivity contribution is 7.87. The molecule has 0 amide bonds. The van der Waals surface area contributed by atoms with Crippen LogP contribution in [-0.4, -0.2) is 13.4 Å². The lowest BCUT2D eigenvalue weighted by molar-refractivity contribution is -0.137. The fourth-order valence-electron chi connectivity index (χ4n) is 2.05. The largest absolute Gasteiger partial charge is 0.439 e. The van der Waals surface area contributed by atoms with Crippen molar-refractivity contribution in [2.75, 3.05) is 0 Å². The molecule has 0 saturated carbocycles. The van der Waals surface area contributed by atoms with Crippen molar-refractivity contribution < 1.29 is 30.5 Å². The van der Waals surface area contributed by atoms with Gasteiger partial charge in [-0.2, -0.15) is 21.6 Å². The average molecular weight is 395 g/mol. The molecule has 0 saturated heterocycles. The number of ether oxygens (including phenoxy) is 1. The SMILES string of the molecule is O=S(=O)(Oc1ccc(Oc2ccc(C(F)(F)F)cn2)cc1)c1ccccc1. The second kappa shape index (κ2) is 7.28. The lowest BCUT2D eigenvalue weighted by Gasteiger charge is -2.09. The van der Waals surface area contributed by atoms with Gasteiger partial charge in [0, 0.05) is 12.3 Å². The molecule has 9 heteroatoms. The summed E-state index contributed by atoms with van der Waals surface area (Å²) in [5.74, 6) is 0.284. The lowest BCUT2D eigenvalue weighted by Crippen LogP contribution is -2.09. The Labute approximate surface area is 153 Å². The number of rotatable bonds is 5. The summed E-state index contributed by atoms with van der Waals surface area (Å²) in [7, 11) is -3.96. The van der Waals surface area contributed by atoms with E-state index in [-0.39, 0.29) is 22.3 Å². The van der Waals surface area contributed by atoms with E-state index in [0.717, 1.165) is 12.1 Å². The van der Waals surface area contributed by atoms with Crippen LogP contribution in [0.4, 0.5) is 13.2 Å². The fraction of sp³-hybridized carbons (Fsp3) is 0.0556. The molecule has 0 aliphatic rings. The molecular weight excluding hydrogens is 383 g/mol. The minimum atomic E-state index is -4.48. The van der Waals surface area contributed by atoms with E-state index in [1.54, 1.807) is 18.2 Å². The standard InChI is InChI=1S/C18H12F3NO4S/c19-18(20,21)13-6-11-17(22-12-13)25-14-7-9-15(10-8-14)26-27(23,24)16-4-2-1-3-5-16/h1-12H. The average Bonchev–Trinajstić information content (AvgIpc) is 2.64. The Kier molecular flexibility index (Phi) is 5.04. The van der Waals surface area contributed by atoms with Crippen molar-refractivity contribution in [3.05, 3.63) is 78.5 Å². The van der Waals surface area contributed by atoms with Crippen LogP contribution >= 0.6 is 0 Å². The van der Waals surface area contributed by atoms with E-state index >= 15 is 0 Å². The molecule has 0 aliphatic heterocycles. The van der Waals surface area contributed by atoms with Crippen LogP contribution < -0.4 is 8.92 Å². The Bertz CT molecular complexity index is 1000. The van der Waals surface area contributed by atoms with Crippen molar-refractivity contribution in [1.82, 2.24) is 4.98 Å². The molecule has 0 spiro atoms. The molecule has 3 aromatic rings. The summed E-state index contributed by atoms with van der Waals surface area (Å²) in [6, 6.07) is 15.1. The van der Waals surface area contributed by atoms with Gasteiger partial charge in [0.15, 0.2) is 0 Å². The van der Waals surface area contributed by atoms with Gasteiger partial charge in [0.25, 0.3) is 0 Å². The molecule has 2 aromatic carbocycles. The molecule has 1 heterocycles. The maximum absolute atomic E-state index is 12.5. The maximum Gasteiger partial charge on any atom is 0.417 e. The minimum Gasteiger partial charge on any atom is -0.439 e. The number of halogens is 3. The molecule has 5 nitrogen and oxygen atoms in total. The molecule has 1 aromatic heterocycles. The Morgan fingerprint density at radius 2 is 1.44 bits per heavy atom. The first-order valence-corrected chi connectivity index (χ1v) is 8.95. The van der Waals surface area contributed by atoms with E-state index < -0.39 is 21.9 Å². The number of pyridine rings is 1. The van der Waals surface area contributed by atoms with Crippen LogP contribution in [0.3, 0.4) is 0 Å². The van der Waals surface area contributed by atoms with E-state index in [2.05, 4.69) is 4.98 Å². The number of aromatic nitrogens is 1. The fourth-order valence-corrected chi connectivity index (χ4v) is 3.01. The van der Waals surface area contributed by atoms with Gasteiger partial charge < -0.3 is 8.92 Å². The van der Waals surface area contributed by atoms with Crippen LogP contribution in [0.15, 0.2) is 77.8 Å². The van der Waals surface area contributed by atoms with Gasteiger partial charge in [-0.15, -0.1) is 0 Å². The number of hydrogen-bond acceptors (Lipinski definition) is 5. The summed E-state index contributed by atoms with van der Waals surface area (Å²) in [6.07, 6.45) is -3.81. The Hall–Kier alpha value is -3.07. The third kappa shape index (κ3) is 4.76. The second-order valence-corrected chi connectivity index (χ2v) is 6.85. The molecule has 0 unspecified atom stereocenters. The third-order valence-corrected chi connectivity index (χ3v) is 4.61. The number of hydrogen-bond donors (Lipinski definition) is 0. The van der Waals surface area contributed by atoms with Crippen molar-refractivity contribution in [3.8, 4) is 17.4 Å². The topological polar surface area (TPSA) is 65.5 Å². The van der Waals surface area contributed by atoms with E-state index in [4.69, 9.17) is 8.92 Å². The summed E-state index contributed by atoms with van der Waals surface area (Å²) in [4.78, 5) is 3.61. The Morgan fingerprint density at radius 1 is 0.815 bits per heavy atom. The highest BCUT2D eigenvalue weighted by atomic mass is 32.2. The van der Waals surface area contributed by atoms with Gasteiger partial charge in [0.2, 0.25) is 5.88 Å².